The second kappa shape index (κ2) is 4.97. The van der Waals surface area contributed by atoms with Crippen LogP contribution in [-0.4, -0.2) is 23.2 Å². The van der Waals surface area contributed by atoms with Gasteiger partial charge in [-0.1, -0.05) is 33.6 Å². The topological polar surface area (TPSA) is 49.3 Å². The Hall–Kier alpha value is -0.570. The van der Waals surface area contributed by atoms with Crippen LogP contribution in [0.15, 0.2) is 0 Å². The third kappa shape index (κ3) is 4.65. The lowest BCUT2D eigenvalue weighted by Crippen LogP contribution is -2.44. The molecule has 1 aliphatic carbocycles. The van der Waals surface area contributed by atoms with Crippen molar-refractivity contribution in [3.63, 3.8) is 0 Å². The Balaban J connectivity index is 2.46. The third-order valence-corrected chi connectivity index (χ3v) is 2.91. The van der Waals surface area contributed by atoms with Crippen LogP contribution >= 0.6 is 0 Å². The standard InChI is InChI=1S/C12H23NO2/c1-12(2,3)8-10(11(14)15)13-9-6-4-5-7-9/h9-10,13H,4-8H2,1-3H3,(H,14,15). The van der Waals surface area contributed by atoms with Gasteiger partial charge in [0.05, 0.1) is 0 Å². The molecule has 0 heterocycles. The number of hydrogen-bond acceptors (Lipinski definition) is 2. The van der Waals surface area contributed by atoms with Crippen LogP contribution in [0.1, 0.15) is 52.9 Å². The number of nitrogens with one attached hydrogen (secondary N) is 1. The molecule has 1 saturated carbocycles. The van der Waals surface area contributed by atoms with Crippen molar-refractivity contribution in [2.75, 3.05) is 0 Å². The van der Waals surface area contributed by atoms with Crippen LogP contribution in [0.4, 0.5) is 0 Å². The first-order chi connectivity index (χ1) is 6.88. The Bertz CT molecular complexity index is 214. The molecule has 0 aromatic carbocycles. The number of carbonyl (C=O) groups is 1. The normalized spacial score (nSPS) is 20.5. The van der Waals surface area contributed by atoms with Crippen molar-refractivity contribution in [3.05, 3.63) is 0 Å². The van der Waals surface area contributed by atoms with Crippen LogP contribution in [-0.2, 0) is 4.79 Å². The van der Waals surface area contributed by atoms with E-state index in [0.717, 1.165) is 12.8 Å². The highest BCUT2D eigenvalue weighted by Crippen LogP contribution is 2.23. The molecule has 1 atom stereocenters. The fourth-order valence-corrected chi connectivity index (χ4v) is 2.21. The van der Waals surface area contributed by atoms with Crippen molar-refractivity contribution in [1.29, 1.82) is 0 Å². The highest BCUT2D eigenvalue weighted by molar-refractivity contribution is 5.73. The summed E-state index contributed by atoms with van der Waals surface area (Å²) in [7, 11) is 0. The van der Waals surface area contributed by atoms with Crippen LogP contribution in [0.5, 0.6) is 0 Å². The fraction of sp³-hybridized carbons (Fsp3) is 0.917. The quantitative estimate of drug-likeness (QED) is 0.754. The molecule has 3 heteroatoms. The molecule has 88 valence electrons. The average Bonchev–Trinajstić information content (AvgIpc) is 2.52. The van der Waals surface area contributed by atoms with Crippen molar-refractivity contribution < 1.29 is 9.90 Å². The summed E-state index contributed by atoms with van der Waals surface area (Å²) in [4.78, 5) is 11.1. The van der Waals surface area contributed by atoms with Gasteiger partial charge in [0.15, 0.2) is 0 Å². The lowest BCUT2D eigenvalue weighted by molar-refractivity contribution is -0.140. The van der Waals surface area contributed by atoms with Crippen molar-refractivity contribution in [1.82, 2.24) is 5.32 Å². The summed E-state index contributed by atoms with van der Waals surface area (Å²) in [6.07, 6.45) is 5.43. The number of rotatable bonds is 4. The van der Waals surface area contributed by atoms with Crippen molar-refractivity contribution >= 4 is 5.97 Å². The molecule has 3 nitrogen and oxygen atoms in total. The van der Waals surface area contributed by atoms with E-state index in [0.29, 0.717) is 12.5 Å². The smallest absolute Gasteiger partial charge is 0.320 e. The van der Waals surface area contributed by atoms with Gasteiger partial charge in [0.2, 0.25) is 0 Å². The number of carboxylic acids is 1. The minimum atomic E-state index is -0.711. The number of aliphatic carboxylic acids is 1. The Morgan fingerprint density at radius 3 is 2.33 bits per heavy atom. The highest BCUT2D eigenvalue weighted by atomic mass is 16.4. The molecule has 1 fully saturated rings. The van der Waals surface area contributed by atoms with Gasteiger partial charge in [-0.3, -0.25) is 4.79 Å². The summed E-state index contributed by atoms with van der Waals surface area (Å²) >= 11 is 0. The van der Waals surface area contributed by atoms with E-state index in [1.165, 1.54) is 12.8 Å². The van der Waals surface area contributed by atoms with E-state index in [1.54, 1.807) is 0 Å². The Labute approximate surface area is 92.3 Å². The molecule has 0 aliphatic heterocycles. The lowest BCUT2D eigenvalue weighted by atomic mass is 9.88. The number of hydrogen-bond donors (Lipinski definition) is 2. The van der Waals surface area contributed by atoms with Crippen LogP contribution in [0.2, 0.25) is 0 Å². The predicted molar refractivity (Wildman–Crippen MR) is 60.9 cm³/mol. The molecule has 0 saturated heterocycles. The fourth-order valence-electron chi connectivity index (χ4n) is 2.21. The first-order valence-electron chi connectivity index (χ1n) is 5.87. The van der Waals surface area contributed by atoms with E-state index in [2.05, 4.69) is 26.1 Å². The molecule has 15 heavy (non-hydrogen) atoms. The molecule has 1 unspecified atom stereocenters. The van der Waals surface area contributed by atoms with Gasteiger partial charge in [0, 0.05) is 6.04 Å². The number of carboxylic acid groups (broad SMARTS) is 1. The monoisotopic (exact) mass is 213 g/mol. The van der Waals surface area contributed by atoms with E-state index < -0.39 is 5.97 Å². The molecule has 0 radical (unpaired) electrons. The van der Waals surface area contributed by atoms with E-state index in [-0.39, 0.29) is 11.5 Å². The summed E-state index contributed by atoms with van der Waals surface area (Å²) < 4.78 is 0. The minimum absolute atomic E-state index is 0.0641. The minimum Gasteiger partial charge on any atom is -0.480 e. The van der Waals surface area contributed by atoms with E-state index in [9.17, 15) is 4.79 Å². The summed E-state index contributed by atoms with van der Waals surface area (Å²) in [5.41, 5.74) is 0.0641. The van der Waals surface area contributed by atoms with Crippen LogP contribution < -0.4 is 5.32 Å². The molecule has 2 N–H and O–H groups in total. The zero-order valence-corrected chi connectivity index (χ0v) is 10.0. The van der Waals surface area contributed by atoms with E-state index in [4.69, 9.17) is 5.11 Å². The van der Waals surface area contributed by atoms with Gasteiger partial charge in [0.25, 0.3) is 0 Å². The molecule has 0 amide bonds. The van der Waals surface area contributed by atoms with Crippen LogP contribution in [0, 0.1) is 5.41 Å². The maximum Gasteiger partial charge on any atom is 0.320 e. The van der Waals surface area contributed by atoms with Gasteiger partial charge in [-0.25, -0.2) is 0 Å². The molecule has 1 rings (SSSR count). The summed E-state index contributed by atoms with van der Waals surface area (Å²) in [6, 6.07) is 0.0431. The van der Waals surface area contributed by atoms with Gasteiger partial charge >= 0.3 is 5.97 Å². The SMILES string of the molecule is CC(C)(C)CC(NC1CCCC1)C(=O)O. The van der Waals surface area contributed by atoms with Gasteiger partial charge in [-0.2, -0.15) is 0 Å². The summed E-state index contributed by atoms with van der Waals surface area (Å²) in [6.45, 7) is 6.25. The average molecular weight is 213 g/mol. The molecule has 0 aromatic rings. The van der Waals surface area contributed by atoms with E-state index in [1.807, 2.05) is 0 Å². The lowest BCUT2D eigenvalue weighted by Gasteiger charge is -2.26. The van der Waals surface area contributed by atoms with Crippen LogP contribution in [0.25, 0.3) is 0 Å². The zero-order valence-electron chi connectivity index (χ0n) is 10.0. The first-order valence-corrected chi connectivity index (χ1v) is 5.87. The largest absolute Gasteiger partial charge is 0.480 e. The van der Waals surface area contributed by atoms with Crippen LogP contribution in [0.3, 0.4) is 0 Å². The third-order valence-electron chi connectivity index (χ3n) is 2.91. The first kappa shape index (κ1) is 12.5. The molecular weight excluding hydrogens is 190 g/mol. The van der Waals surface area contributed by atoms with Crippen molar-refractivity contribution in [2.45, 2.75) is 65.0 Å². The van der Waals surface area contributed by atoms with Gasteiger partial charge in [-0.15, -0.1) is 0 Å². The molecule has 0 aromatic heterocycles. The Morgan fingerprint density at radius 2 is 1.93 bits per heavy atom. The molecule has 1 aliphatic rings. The van der Waals surface area contributed by atoms with E-state index >= 15 is 0 Å². The van der Waals surface area contributed by atoms with Gasteiger partial charge < -0.3 is 10.4 Å². The zero-order chi connectivity index (χ0) is 11.5. The van der Waals surface area contributed by atoms with Crippen molar-refractivity contribution in [3.8, 4) is 0 Å². The van der Waals surface area contributed by atoms with Gasteiger partial charge in [-0.05, 0) is 24.7 Å². The summed E-state index contributed by atoms with van der Waals surface area (Å²) in [5.74, 6) is -0.711. The molecular formula is C12H23NO2. The molecule has 0 spiro atoms. The maximum atomic E-state index is 11.1. The van der Waals surface area contributed by atoms with Crippen molar-refractivity contribution in [2.24, 2.45) is 5.41 Å². The predicted octanol–water partition coefficient (Wildman–Crippen LogP) is 2.41. The second-order valence-electron chi connectivity index (χ2n) is 5.80. The van der Waals surface area contributed by atoms with Gasteiger partial charge in [0.1, 0.15) is 6.04 Å². The maximum absolute atomic E-state index is 11.1. The Morgan fingerprint density at radius 1 is 1.40 bits per heavy atom. The second-order valence-corrected chi connectivity index (χ2v) is 5.80. The Kier molecular flexibility index (Phi) is 4.14. The highest BCUT2D eigenvalue weighted by Gasteiger charge is 2.27. The summed E-state index contributed by atoms with van der Waals surface area (Å²) in [5, 5.41) is 12.4. The molecule has 0 bridgehead atoms.